The molecule has 130 valence electrons. The smallest absolute Gasteiger partial charge is 0.269 e. The summed E-state index contributed by atoms with van der Waals surface area (Å²) < 4.78 is 0. The SMILES string of the molecule is O=C1CC(C2CCCCN2CC(O)c2cccc([N+](=O)[O-])c2)CN1. The third-order valence-electron chi connectivity index (χ3n) is 5.09. The average Bonchev–Trinajstić information content (AvgIpc) is 3.01. The van der Waals surface area contributed by atoms with Crippen molar-refractivity contribution in [2.24, 2.45) is 5.92 Å². The molecule has 1 aromatic carbocycles. The van der Waals surface area contributed by atoms with Crippen LogP contribution in [0.2, 0.25) is 0 Å². The molecule has 1 aromatic rings. The minimum atomic E-state index is -0.768. The summed E-state index contributed by atoms with van der Waals surface area (Å²) in [4.78, 5) is 24.2. The molecule has 2 N–H and O–H groups in total. The van der Waals surface area contributed by atoms with E-state index in [4.69, 9.17) is 0 Å². The molecule has 1 amide bonds. The molecule has 0 aliphatic carbocycles. The Morgan fingerprint density at radius 2 is 2.25 bits per heavy atom. The van der Waals surface area contributed by atoms with Gasteiger partial charge in [-0.3, -0.25) is 19.8 Å². The van der Waals surface area contributed by atoms with E-state index in [-0.39, 0.29) is 23.6 Å². The predicted molar refractivity (Wildman–Crippen MR) is 88.4 cm³/mol. The summed E-state index contributed by atoms with van der Waals surface area (Å²) in [6.45, 7) is 2.03. The lowest BCUT2D eigenvalue weighted by molar-refractivity contribution is -0.385. The van der Waals surface area contributed by atoms with Gasteiger partial charge in [0, 0.05) is 43.6 Å². The van der Waals surface area contributed by atoms with E-state index < -0.39 is 11.0 Å². The minimum Gasteiger partial charge on any atom is -0.387 e. The number of nitrogens with one attached hydrogen (secondary N) is 1. The van der Waals surface area contributed by atoms with Gasteiger partial charge in [0.2, 0.25) is 5.91 Å². The second kappa shape index (κ2) is 7.27. The van der Waals surface area contributed by atoms with Crippen LogP contribution in [0, 0.1) is 16.0 Å². The highest BCUT2D eigenvalue weighted by Gasteiger charge is 2.35. The topological polar surface area (TPSA) is 95.7 Å². The molecule has 24 heavy (non-hydrogen) atoms. The zero-order valence-electron chi connectivity index (χ0n) is 13.6. The van der Waals surface area contributed by atoms with Crippen LogP contribution in [0.3, 0.4) is 0 Å². The number of rotatable bonds is 5. The van der Waals surface area contributed by atoms with E-state index in [1.54, 1.807) is 12.1 Å². The van der Waals surface area contributed by atoms with E-state index in [9.17, 15) is 20.0 Å². The first-order valence-corrected chi connectivity index (χ1v) is 8.48. The maximum Gasteiger partial charge on any atom is 0.269 e. The number of nitro benzene ring substituents is 1. The van der Waals surface area contributed by atoms with Crippen LogP contribution in [0.4, 0.5) is 5.69 Å². The Morgan fingerprint density at radius 1 is 1.42 bits per heavy atom. The van der Waals surface area contributed by atoms with Gasteiger partial charge in [0.25, 0.3) is 5.69 Å². The van der Waals surface area contributed by atoms with Gasteiger partial charge in [-0.15, -0.1) is 0 Å². The molecule has 2 aliphatic heterocycles. The molecule has 7 nitrogen and oxygen atoms in total. The fourth-order valence-electron chi connectivity index (χ4n) is 3.85. The lowest BCUT2D eigenvalue weighted by atomic mass is 9.89. The molecule has 2 heterocycles. The van der Waals surface area contributed by atoms with Gasteiger partial charge in [-0.05, 0) is 24.9 Å². The molecule has 3 atom stereocenters. The molecule has 3 rings (SSSR count). The summed E-state index contributed by atoms with van der Waals surface area (Å²) in [7, 11) is 0. The third kappa shape index (κ3) is 3.73. The number of aliphatic hydroxyl groups excluding tert-OH is 1. The highest BCUT2D eigenvalue weighted by Crippen LogP contribution is 2.29. The standard InChI is InChI=1S/C17H23N3O4/c21-16(12-4-3-5-14(8-12)20(23)24)11-19-7-2-1-6-15(19)13-9-17(22)18-10-13/h3-5,8,13,15-16,21H,1-2,6-7,9-11H2,(H,18,22). The molecule has 0 spiro atoms. The quantitative estimate of drug-likeness (QED) is 0.630. The van der Waals surface area contributed by atoms with E-state index in [2.05, 4.69) is 10.2 Å². The number of benzene rings is 1. The van der Waals surface area contributed by atoms with Crippen molar-refractivity contribution in [3.05, 3.63) is 39.9 Å². The number of likely N-dealkylation sites (tertiary alicyclic amines) is 1. The molecular weight excluding hydrogens is 310 g/mol. The van der Waals surface area contributed by atoms with Crippen molar-refractivity contribution >= 4 is 11.6 Å². The monoisotopic (exact) mass is 333 g/mol. The molecule has 0 saturated carbocycles. The van der Waals surface area contributed by atoms with Crippen LogP contribution in [0.25, 0.3) is 0 Å². The number of hydrogen-bond acceptors (Lipinski definition) is 5. The van der Waals surface area contributed by atoms with Crippen molar-refractivity contribution in [2.45, 2.75) is 37.8 Å². The lowest BCUT2D eigenvalue weighted by Crippen LogP contribution is -2.46. The van der Waals surface area contributed by atoms with Crippen molar-refractivity contribution in [1.29, 1.82) is 0 Å². The fourth-order valence-corrected chi connectivity index (χ4v) is 3.85. The van der Waals surface area contributed by atoms with Crippen molar-refractivity contribution in [3.63, 3.8) is 0 Å². The highest BCUT2D eigenvalue weighted by atomic mass is 16.6. The number of nitrogens with zero attached hydrogens (tertiary/aromatic N) is 2. The van der Waals surface area contributed by atoms with E-state index >= 15 is 0 Å². The summed E-state index contributed by atoms with van der Waals surface area (Å²) in [5.74, 6) is 0.389. The van der Waals surface area contributed by atoms with Crippen molar-refractivity contribution < 1.29 is 14.8 Å². The number of piperidine rings is 1. The van der Waals surface area contributed by atoms with Gasteiger partial charge in [0.1, 0.15) is 0 Å². The molecule has 2 saturated heterocycles. The van der Waals surface area contributed by atoms with E-state index in [1.807, 2.05) is 0 Å². The summed E-state index contributed by atoms with van der Waals surface area (Å²) in [5.41, 5.74) is 0.557. The van der Waals surface area contributed by atoms with Gasteiger partial charge in [-0.25, -0.2) is 0 Å². The molecule has 0 aromatic heterocycles. The van der Waals surface area contributed by atoms with Crippen LogP contribution >= 0.6 is 0 Å². The van der Waals surface area contributed by atoms with Crippen LogP contribution in [-0.4, -0.2) is 46.5 Å². The number of hydrogen-bond donors (Lipinski definition) is 2. The van der Waals surface area contributed by atoms with Crippen molar-refractivity contribution in [1.82, 2.24) is 10.2 Å². The number of β-amino-alcohol motifs (C(OH)–C–C–N with tert-alkyl or cyclic N) is 1. The number of non-ortho nitro benzene ring substituents is 1. The van der Waals surface area contributed by atoms with Gasteiger partial charge in [0.05, 0.1) is 11.0 Å². The first-order valence-electron chi connectivity index (χ1n) is 8.48. The predicted octanol–water partition coefficient (Wildman–Crippen LogP) is 1.62. The Hall–Kier alpha value is -1.99. The Bertz CT molecular complexity index is 622. The molecule has 7 heteroatoms. The Balaban J connectivity index is 1.69. The molecule has 0 radical (unpaired) electrons. The zero-order chi connectivity index (χ0) is 17.1. The van der Waals surface area contributed by atoms with Crippen LogP contribution in [0.1, 0.15) is 37.4 Å². The largest absolute Gasteiger partial charge is 0.387 e. The molecule has 0 bridgehead atoms. The van der Waals surface area contributed by atoms with Crippen molar-refractivity contribution in [2.75, 3.05) is 19.6 Å². The molecule has 2 aliphatic rings. The first-order chi connectivity index (χ1) is 11.5. The first kappa shape index (κ1) is 16.9. The average molecular weight is 333 g/mol. The maximum absolute atomic E-state index is 11.5. The Morgan fingerprint density at radius 3 is 2.96 bits per heavy atom. The van der Waals surface area contributed by atoms with Crippen molar-refractivity contribution in [3.8, 4) is 0 Å². The maximum atomic E-state index is 11.5. The van der Waals surface area contributed by atoms with Crippen LogP contribution in [-0.2, 0) is 4.79 Å². The number of aliphatic hydroxyl groups is 1. The Labute approximate surface area is 140 Å². The minimum absolute atomic E-state index is 0.00710. The number of amides is 1. The second-order valence-electron chi connectivity index (χ2n) is 6.69. The molecular formula is C17H23N3O4. The molecule has 2 fully saturated rings. The second-order valence-corrected chi connectivity index (χ2v) is 6.69. The highest BCUT2D eigenvalue weighted by molar-refractivity contribution is 5.78. The van der Waals surface area contributed by atoms with Gasteiger partial charge in [0.15, 0.2) is 0 Å². The summed E-state index contributed by atoms with van der Waals surface area (Å²) >= 11 is 0. The number of carbonyl (C=O) groups is 1. The van der Waals surface area contributed by atoms with Gasteiger partial charge in [-0.2, -0.15) is 0 Å². The van der Waals surface area contributed by atoms with Crippen LogP contribution in [0.15, 0.2) is 24.3 Å². The third-order valence-corrected chi connectivity index (χ3v) is 5.09. The molecule has 3 unspecified atom stereocenters. The summed E-state index contributed by atoms with van der Waals surface area (Å²) in [6.07, 6.45) is 3.02. The van der Waals surface area contributed by atoms with E-state index in [0.29, 0.717) is 25.1 Å². The Kier molecular flexibility index (Phi) is 5.11. The van der Waals surface area contributed by atoms with Gasteiger partial charge >= 0.3 is 0 Å². The van der Waals surface area contributed by atoms with E-state index in [0.717, 1.165) is 25.8 Å². The number of carbonyl (C=O) groups excluding carboxylic acids is 1. The fraction of sp³-hybridized carbons (Fsp3) is 0.588. The van der Waals surface area contributed by atoms with Crippen LogP contribution in [0.5, 0.6) is 0 Å². The van der Waals surface area contributed by atoms with Gasteiger partial charge < -0.3 is 10.4 Å². The summed E-state index contributed by atoms with van der Waals surface area (Å²) in [6, 6.07) is 6.47. The normalized spacial score (nSPS) is 26.1. The zero-order valence-corrected chi connectivity index (χ0v) is 13.6. The summed E-state index contributed by atoms with van der Waals surface area (Å²) in [5, 5.41) is 24.3. The lowest BCUT2D eigenvalue weighted by Gasteiger charge is -2.39. The van der Waals surface area contributed by atoms with Crippen LogP contribution < -0.4 is 5.32 Å². The number of nitro groups is 1. The van der Waals surface area contributed by atoms with Gasteiger partial charge in [-0.1, -0.05) is 18.6 Å². The van der Waals surface area contributed by atoms with E-state index in [1.165, 1.54) is 12.1 Å².